The van der Waals surface area contributed by atoms with E-state index in [0.717, 1.165) is 55.3 Å². The van der Waals surface area contributed by atoms with Gasteiger partial charge in [-0.3, -0.25) is 10.1 Å². The van der Waals surface area contributed by atoms with Crippen LogP contribution < -0.4 is 5.32 Å². The Balaban J connectivity index is 1.52. The lowest BCUT2D eigenvalue weighted by Crippen LogP contribution is -2.51. The second kappa shape index (κ2) is 6.04. The summed E-state index contributed by atoms with van der Waals surface area (Å²) in [5.74, 6) is 0.742. The number of para-hydroxylation sites is 2. The van der Waals surface area contributed by atoms with Crippen LogP contribution in [0, 0.1) is 5.92 Å². The normalized spacial score (nSPS) is 24.9. The van der Waals surface area contributed by atoms with Gasteiger partial charge in [-0.05, 0) is 37.8 Å². The topological polar surface area (TPSA) is 79.9 Å². The summed E-state index contributed by atoms with van der Waals surface area (Å²) in [6, 6.07) is 8.06. The van der Waals surface area contributed by atoms with Crippen LogP contribution in [-0.2, 0) is 4.79 Å². The molecule has 0 saturated heterocycles. The van der Waals surface area contributed by atoms with Crippen LogP contribution in [0.4, 0.5) is 6.01 Å². The van der Waals surface area contributed by atoms with Crippen LogP contribution in [0.3, 0.4) is 0 Å². The molecule has 0 amide bonds. The van der Waals surface area contributed by atoms with Crippen molar-refractivity contribution in [3.05, 3.63) is 24.3 Å². The molecular weight excluding hydrogens is 328 g/mol. The van der Waals surface area contributed by atoms with Crippen LogP contribution in [-0.4, -0.2) is 28.0 Å². The summed E-state index contributed by atoms with van der Waals surface area (Å²) in [5.41, 5.74) is 2.22. The van der Waals surface area contributed by atoms with E-state index in [1.54, 1.807) is 0 Å². The van der Waals surface area contributed by atoms with E-state index in [1.807, 2.05) is 24.3 Å². The highest BCUT2D eigenvalue weighted by Crippen LogP contribution is 2.44. The summed E-state index contributed by atoms with van der Waals surface area (Å²) < 4.78 is 5.76. The second-order valence-electron chi connectivity index (χ2n) is 7.57. The fourth-order valence-electron chi connectivity index (χ4n) is 4.73. The molecule has 2 fully saturated rings. The summed E-state index contributed by atoms with van der Waals surface area (Å²) in [6.07, 6.45) is 7.82. The van der Waals surface area contributed by atoms with Crippen LogP contribution in [0.5, 0.6) is 0 Å². The van der Waals surface area contributed by atoms with Crippen molar-refractivity contribution >= 4 is 34.6 Å². The number of hydrogen-bond donors (Lipinski definition) is 1. The van der Waals surface area contributed by atoms with E-state index in [9.17, 15) is 4.79 Å². The lowest BCUT2D eigenvalue weighted by molar-refractivity contribution is -0.123. The van der Waals surface area contributed by atoms with Gasteiger partial charge in [0.25, 0.3) is 0 Å². The van der Waals surface area contributed by atoms with Crippen LogP contribution in [0.25, 0.3) is 11.1 Å². The minimum absolute atomic E-state index is 0.120. The van der Waals surface area contributed by atoms with Gasteiger partial charge in [0.05, 0.1) is 11.5 Å². The van der Waals surface area contributed by atoms with E-state index in [0.29, 0.717) is 24.2 Å². The van der Waals surface area contributed by atoms with Gasteiger partial charge >= 0.3 is 6.01 Å². The van der Waals surface area contributed by atoms with Gasteiger partial charge in [-0.25, -0.2) is 9.98 Å². The van der Waals surface area contributed by atoms with E-state index in [1.165, 1.54) is 6.42 Å². The highest BCUT2D eigenvalue weighted by Gasteiger charge is 2.49. The molecule has 0 unspecified atom stereocenters. The van der Waals surface area contributed by atoms with Crippen molar-refractivity contribution in [2.45, 2.75) is 56.9 Å². The van der Waals surface area contributed by atoms with E-state index in [4.69, 9.17) is 14.4 Å². The number of carbonyl (C=O) groups excluding carboxylic acids is 1. The number of hydrogen-bond acceptors (Lipinski definition) is 6. The SMILES string of the molecule is O=C1CCCC2=NC(Nc3nc4ccccc4o3)=NC3(CCCCC3)[C@H]12. The Kier molecular flexibility index (Phi) is 3.65. The highest BCUT2D eigenvalue weighted by atomic mass is 16.4. The number of aliphatic imine (C=N–C) groups is 2. The average Bonchev–Trinajstić information content (AvgIpc) is 3.04. The van der Waals surface area contributed by atoms with Gasteiger partial charge in [0.15, 0.2) is 5.58 Å². The van der Waals surface area contributed by atoms with Crippen molar-refractivity contribution in [3.63, 3.8) is 0 Å². The van der Waals surface area contributed by atoms with Gasteiger partial charge < -0.3 is 4.42 Å². The molecule has 3 aliphatic rings. The molecule has 26 heavy (non-hydrogen) atoms. The number of anilines is 1. The Morgan fingerprint density at radius 1 is 1.08 bits per heavy atom. The number of nitrogens with zero attached hydrogens (tertiary/aromatic N) is 3. The first-order valence-electron chi connectivity index (χ1n) is 9.56. The van der Waals surface area contributed by atoms with Crippen LogP contribution in [0.2, 0.25) is 0 Å². The molecule has 1 aromatic carbocycles. The number of Topliss-reactive ketones (excluding diaryl/α,β-unsaturated/α-hetero) is 1. The number of rotatable bonds is 1. The Morgan fingerprint density at radius 2 is 1.92 bits per heavy atom. The van der Waals surface area contributed by atoms with Crippen LogP contribution in [0.1, 0.15) is 51.4 Å². The zero-order valence-corrected chi connectivity index (χ0v) is 14.7. The third-order valence-corrected chi connectivity index (χ3v) is 5.86. The van der Waals surface area contributed by atoms with Crippen molar-refractivity contribution in [1.29, 1.82) is 0 Å². The number of guanidine groups is 1. The van der Waals surface area contributed by atoms with Crippen molar-refractivity contribution in [2.24, 2.45) is 15.9 Å². The minimum Gasteiger partial charge on any atom is -0.423 e. The molecule has 134 valence electrons. The van der Waals surface area contributed by atoms with E-state index >= 15 is 0 Å². The quantitative estimate of drug-likeness (QED) is 0.839. The Bertz CT molecular complexity index is 888. The van der Waals surface area contributed by atoms with Gasteiger partial charge in [0.1, 0.15) is 11.3 Å². The van der Waals surface area contributed by atoms with Gasteiger partial charge in [-0.2, -0.15) is 4.98 Å². The zero-order valence-electron chi connectivity index (χ0n) is 14.7. The van der Waals surface area contributed by atoms with Crippen LogP contribution in [0.15, 0.2) is 38.7 Å². The lowest BCUT2D eigenvalue weighted by Gasteiger charge is -2.44. The van der Waals surface area contributed by atoms with E-state index in [-0.39, 0.29) is 11.5 Å². The molecular formula is C20H22N4O2. The molecule has 2 aromatic rings. The molecule has 2 heterocycles. The molecule has 2 aliphatic carbocycles. The van der Waals surface area contributed by atoms with Crippen molar-refractivity contribution in [1.82, 2.24) is 4.98 Å². The number of oxazole rings is 1. The molecule has 0 radical (unpaired) electrons. The number of ketones is 1. The molecule has 5 rings (SSSR count). The number of fused-ring (bicyclic) bond motifs is 3. The average molecular weight is 350 g/mol. The Labute approximate surface area is 151 Å². The standard InChI is InChI=1S/C20H22N4O2/c25-15-9-6-8-14-17(15)20(11-4-1-5-12-20)24-18(21-14)23-19-22-13-7-2-3-10-16(13)26-19/h2-3,7,10,17H,1,4-6,8-9,11-12H2,(H,22,23,24)/t17-/m0/s1. The number of aromatic nitrogens is 1. The molecule has 1 atom stereocenters. The molecule has 2 saturated carbocycles. The summed E-state index contributed by atoms with van der Waals surface area (Å²) in [5, 5.41) is 3.16. The molecule has 6 nitrogen and oxygen atoms in total. The molecule has 6 heteroatoms. The monoisotopic (exact) mass is 350 g/mol. The van der Waals surface area contributed by atoms with Gasteiger partial charge in [-0.15, -0.1) is 0 Å². The molecule has 1 N–H and O–H groups in total. The third kappa shape index (κ3) is 2.55. The lowest BCUT2D eigenvalue weighted by atomic mass is 9.66. The molecule has 1 aromatic heterocycles. The van der Waals surface area contributed by atoms with Gasteiger partial charge in [-0.1, -0.05) is 31.4 Å². The van der Waals surface area contributed by atoms with Crippen molar-refractivity contribution in [2.75, 3.05) is 5.32 Å². The maximum atomic E-state index is 12.7. The fraction of sp³-hybridized carbons (Fsp3) is 0.500. The minimum atomic E-state index is -0.318. The molecule has 0 bridgehead atoms. The zero-order chi connectivity index (χ0) is 17.6. The predicted octanol–water partition coefficient (Wildman–Crippen LogP) is 4.12. The van der Waals surface area contributed by atoms with E-state index < -0.39 is 0 Å². The number of carbonyl (C=O) groups is 1. The summed E-state index contributed by atoms with van der Waals surface area (Å²) >= 11 is 0. The number of benzene rings is 1. The Morgan fingerprint density at radius 3 is 2.77 bits per heavy atom. The molecule has 1 spiro atoms. The van der Waals surface area contributed by atoms with Crippen molar-refractivity contribution < 1.29 is 9.21 Å². The third-order valence-electron chi connectivity index (χ3n) is 5.86. The summed E-state index contributed by atoms with van der Waals surface area (Å²) in [4.78, 5) is 26.8. The first kappa shape index (κ1) is 15.7. The maximum absolute atomic E-state index is 12.7. The highest BCUT2D eigenvalue weighted by molar-refractivity contribution is 6.15. The van der Waals surface area contributed by atoms with Gasteiger partial charge in [0, 0.05) is 12.1 Å². The second-order valence-corrected chi connectivity index (χ2v) is 7.57. The van der Waals surface area contributed by atoms with E-state index in [2.05, 4.69) is 10.3 Å². The predicted molar refractivity (Wildman–Crippen MR) is 101 cm³/mol. The van der Waals surface area contributed by atoms with Gasteiger partial charge in [0.2, 0.25) is 5.96 Å². The summed E-state index contributed by atoms with van der Waals surface area (Å²) in [7, 11) is 0. The van der Waals surface area contributed by atoms with Crippen LogP contribution >= 0.6 is 0 Å². The van der Waals surface area contributed by atoms with Crippen molar-refractivity contribution in [3.8, 4) is 0 Å². The smallest absolute Gasteiger partial charge is 0.302 e. The first-order chi connectivity index (χ1) is 12.7. The Hall–Kier alpha value is -2.50. The fourth-order valence-corrected chi connectivity index (χ4v) is 4.73. The summed E-state index contributed by atoms with van der Waals surface area (Å²) in [6.45, 7) is 0. The largest absolute Gasteiger partial charge is 0.423 e. The molecule has 1 aliphatic heterocycles. The maximum Gasteiger partial charge on any atom is 0.302 e. The number of nitrogens with one attached hydrogen (secondary N) is 1. The first-order valence-corrected chi connectivity index (χ1v) is 9.56.